The highest BCUT2D eigenvalue weighted by Gasteiger charge is 2.14. The summed E-state index contributed by atoms with van der Waals surface area (Å²) in [6.45, 7) is 0.575. The Morgan fingerprint density at radius 2 is 1.93 bits per heavy atom. The fourth-order valence-corrected chi connectivity index (χ4v) is 3.31. The summed E-state index contributed by atoms with van der Waals surface area (Å²) in [5, 5.41) is 2.65. The molecule has 9 heteroatoms. The number of carbonyl (C=O) groups excluding carboxylic acids is 1. The van der Waals surface area contributed by atoms with E-state index in [1.54, 1.807) is 24.3 Å². The minimum Gasteiger partial charge on any atom is -0.493 e. The van der Waals surface area contributed by atoms with Gasteiger partial charge in [0.15, 0.2) is 0 Å². The van der Waals surface area contributed by atoms with Crippen molar-refractivity contribution in [1.82, 2.24) is 4.72 Å². The molecule has 7 nitrogen and oxygen atoms in total. The predicted octanol–water partition coefficient (Wildman–Crippen LogP) is 1.86. The third-order valence-electron chi connectivity index (χ3n) is 3.48. The van der Waals surface area contributed by atoms with Gasteiger partial charge < -0.3 is 15.8 Å². The number of anilines is 1. The molecule has 27 heavy (non-hydrogen) atoms. The van der Waals surface area contributed by atoms with Gasteiger partial charge in [-0.1, -0.05) is 12.1 Å². The fraction of sp³-hybridized carbons (Fsp3) is 0.278. The molecule has 2 aromatic rings. The van der Waals surface area contributed by atoms with Crippen LogP contribution in [0.15, 0.2) is 53.4 Å². The molecule has 0 spiro atoms. The highest BCUT2D eigenvalue weighted by atomic mass is 32.2. The van der Waals surface area contributed by atoms with Crippen molar-refractivity contribution in [2.45, 2.75) is 17.7 Å². The van der Waals surface area contributed by atoms with Gasteiger partial charge in [-0.3, -0.25) is 4.79 Å². The standard InChI is InChI=1S/C18H22FN3O4S/c19-14-4-1-6-16(12-14)26-11-3-8-18(23)22-15-5-2-7-17(13-15)27(24,25)21-10-9-20/h1-2,4-7,12-13,21H,3,8-11,20H2,(H,22,23). The average molecular weight is 395 g/mol. The molecule has 2 rings (SSSR count). The van der Waals surface area contributed by atoms with E-state index in [-0.39, 0.29) is 42.7 Å². The Morgan fingerprint density at radius 3 is 2.67 bits per heavy atom. The number of halogens is 1. The molecule has 4 N–H and O–H groups in total. The molecule has 0 aromatic heterocycles. The summed E-state index contributed by atoms with van der Waals surface area (Å²) in [4.78, 5) is 12.0. The molecule has 0 aliphatic carbocycles. The Morgan fingerprint density at radius 1 is 1.15 bits per heavy atom. The molecule has 1 amide bonds. The predicted molar refractivity (Wildman–Crippen MR) is 100 cm³/mol. The first-order chi connectivity index (χ1) is 12.9. The summed E-state index contributed by atoms with van der Waals surface area (Å²) in [6, 6.07) is 11.7. The second-order valence-corrected chi connectivity index (χ2v) is 7.44. The van der Waals surface area contributed by atoms with Gasteiger partial charge in [0.2, 0.25) is 15.9 Å². The van der Waals surface area contributed by atoms with Gasteiger partial charge in [0.1, 0.15) is 11.6 Å². The SMILES string of the molecule is NCCNS(=O)(=O)c1cccc(NC(=O)CCCOc2cccc(F)c2)c1. The van der Waals surface area contributed by atoms with Crippen LogP contribution < -0.4 is 20.5 Å². The highest BCUT2D eigenvalue weighted by Crippen LogP contribution is 2.16. The van der Waals surface area contributed by atoms with Crippen LogP contribution in [0.5, 0.6) is 5.75 Å². The first-order valence-corrected chi connectivity index (χ1v) is 9.87. The van der Waals surface area contributed by atoms with Crippen LogP contribution in [0.2, 0.25) is 0 Å². The van der Waals surface area contributed by atoms with E-state index in [9.17, 15) is 17.6 Å². The Kier molecular flexibility index (Phi) is 7.71. The van der Waals surface area contributed by atoms with E-state index in [1.807, 2.05) is 0 Å². The molecule has 0 unspecified atom stereocenters. The molecule has 0 saturated heterocycles. The van der Waals surface area contributed by atoms with E-state index < -0.39 is 10.0 Å². The number of amides is 1. The first kappa shape index (κ1) is 20.8. The molecule has 0 atom stereocenters. The summed E-state index contributed by atoms with van der Waals surface area (Å²) in [6.07, 6.45) is 0.607. The molecule has 0 heterocycles. The normalized spacial score (nSPS) is 11.2. The summed E-state index contributed by atoms with van der Waals surface area (Å²) in [5.41, 5.74) is 5.68. The van der Waals surface area contributed by atoms with Gasteiger partial charge in [-0.05, 0) is 36.8 Å². The van der Waals surface area contributed by atoms with Crippen LogP contribution in [0.25, 0.3) is 0 Å². The number of carbonyl (C=O) groups is 1. The minimum absolute atomic E-state index is 0.0446. The summed E-state index contributed by atoms with van der Waals surface area (Å²) < 4.78 is 44.9. The molecular weight excluding hydrogens is 373 g/mol. The molecule has 0 bridgehead atoms. The second kappa shape index (κ2) is 10.0. The smallest absolute Gasteiger partial charge is 0.240 e. The number of nitrogens with two attached hydrogens (primary N) is 1. The van der Waals surface area contributed by atoms with Crippen molar-refractivity contribution in [3.63, 3.8) is 0 Å². The van der Waals surface area contributed by atoms with E-state index >= 15 is 0 Å². The number of sulfonamides is 1. The first-order valence-electron chi connectivity index (χ1n) is 8.39. The van der Waals surface area contributed by atoms with Crippen molar-refractivity contribution in [3.8, 4) is 5.75 Å². The lowest BCUT2D eigenvalue weighted by Gasteiger charge is -2.09. The third-order valence-corrected chi connectivity index (χ3v) is 4.94. The zero-order valence-electron chi connectivity index (χ0n) is 14.7. The lowest BCUT2D eigenvalue weighted by Crippen LogP contribution is -2.29. The summed E-state index contributed by atoms with van der Waals surface area (Å²) >= 11 is 0. The zero-order valence-corrected chi connectivity index (χ0v) is 15.5. The second-order valence-electron chi connectivity index (χ2n) is 5.67. The highest BCUT2D eigenvalue weighted by molar-refractivity contribution is 7.89. The largest absolute Gasteiger partial charge is 0.493 e. The molecule has 146 valence electrons. The molecule has 0 radical (unpaired) electrons. The number of ether oxygens (including phenoxy) is 1. The van der Waals surface area contributed by atoms with Crippen molar-refractivity contribution in [2.75, 3.05) is 25.0 Å². The minimum atomic E-state index is -3.67. The van der Waals surface area contributed by atoms with Crippen LogP contribution in [-0.4, -0.2) is 34.0 Å². The summed E-state index contributed by atoms with van der Waals surface area (Å²) in [7, 11) is -3.67. The number of hydrogen-bond donors (Lipinski definition) is 3. The fourth-order valence-electron chi connectivity index (χ4n) is 2.22. The van der Waals surface area contributed by atoms with Gasteiger partial charge in [-0.15, -0.1) is 0 Å². The third kappa shape index (κ3) is 6.97. The Hall–Kier alpha value is -2.49. The van der Waals surface area contributed by atoms with Gasteiger partial charge >= 0.3 is 0 Å². The van der Waals surface area contributed by atoms with Crippen LogP contribution in [0.1, 0.15) is 12.8 Å². The van der Waals surface area contributed by atoms with Crippen molar-refractivity contribution in [3.05, 3.63) is 54.3 Å². The van der Waals surface area contributed by atoms with Crippen LogP contribution >= 0.6 is 0 Å². The number of benzene rings is 2. The van der Waals surface area contributed by atoms with Crippen molar-refractivity contribution in [1.29, 1.82) is 0 Å². The Labute approximate surface area is 157 Å². The Balaban J connectivity index is 1.82. The molecule has 0 aliphatic heterocycles. The van der Waals surface area contributed by atoms with Crippen LogP contribution in [0, 0.1) is 5.82 Å². The maximum Gasteiger partial charge on any atom is 0.240 e. The van der Waals surface area contributed by atoms with E-state index in [1.165, 1.54) is 24.3 Å². The van der Waals surface area contributed by atoms with E-state index in [0.717, 1.165) is 0 Å². The van der Waals surface area contributed by atoms with Crippen molar-refractivity contribution < 1.29 is 22.3 Å². The van der Waals surface area contributed by atoms with Gasteiger partial charge in [0.05, 0.1) is 11.5 Å². The topological polar surface area (TPSA) is 111 Å². The van der Waals surface area contributed by atoms with Gasteiger partial charge in [0.25, 0.3) is 0 Å². The lowest BCUT2D eigenvalue weighted by atomic mass is 10.2. The van der Waals surface area contributed by atoms with Crippen LogP contribution in [-0.2, 0) is 14.8 Å². The molecule has 0 saturated carbocycles. The van der Waals surface area contributed by atoms with E-state index in [2.05, 4.69) is 10.0 Å². The van der Waals surface area contributed by atoms with Crippen molar-refractivity contribution >= 4 is 21.6 Å². The monoisotopic (exact) mass is 395 g/mol. The molecular formula is C18H22FN3O4S. The van der Waals surface area contributed by atoms with Crippen LogP contribution in [0.4, 0.5) is 10.1 Å². The maximum absolute atomic E-state index is 13.0. The molecule has 0 fully saturated rings. The number of rotatable bonds is 10. The average Bonchev–Trinajstić information content (AvgIpc) is 2.64. The van der Waals surface area contributed by atoms with Gasteiger partial charge in [0, 0.05) is 31.3 Å². The molecule has 0 aliphatic rings. The maximum atomic E-state index is 13.0. The van der Waals surface area contributed by atoms with Gasteiger partial charge in [-0.25, -0.2) is 17.5 Å². The summed E-state index contributed by atoms with van der Waals surface area (Å²) in [5.74, 6) is -0.262. The lowest BCUT2D eigenvalue weighted by molar-refractivity contribution is -0.116. The zero-order chi connectivity index (χ0) is 19.7. The number of hydrogen-bond acceptors (Lipinski definition) is 5. The quantitative estimate of drug-likeness (QED) is 0.532. The van der Waals surface area contributed by atoms with Crippen LogP contribution in [0.3, 0.4) is 0 Å². The Bertz CT molecular complexity index is 874. The van der Waals surface area contributed by atoms with E-state index in [4.69, 9.17) is 10.5 Å². The number of nitrogens with one attached hydrogen (secondary N) is 2. The van der Waals surface area contributed by atoms with Crippen molar-refractivity contribution in [2.24, 2.45) is 5.73 Å². The van der Waals surface area contributed by atoms with Gasteiger partial charge in [-0.2, -0.15) is 0 Å². The van der Waals surface area contributed by atoms with E-state index in [0.29, 0.717) is 17.9 Å². The molecule has 2 aromatic carbocycles.